The Labute approximate surface area is 315 Å². The number of hydrogen-bond donors (Lipinski definition) is 1. The molecule has 0 saturated heterocycles. The second kappa shape index (κ2) is 17.9. The van der Waals surface area contributed by atoms with Gasteiger partial charge in [-0.3, -0.25) is 9.69 Å². The molecule has 0 spiro atoms. The van der Waals surface area contributed by atoms with Crippen LogP contribution in [0.4, 0.5) is 4.79 Å². The van der Waals surface area contributed by atoms with Gasteiger partial charge >= 0.3 is 12.1 Å². The van der Waals surface area contributed by atoms with E-state index in [4.69, 9.17) is 28.0 Å². The summed E-state index contributed by atoms with van der Waals surface area (Å²) in [5, 5.41) is 9.32. The molecule has 0 bridgehead atoms. The molecule has 2 aromatic heterocycles. The van der Waals surface area contributed by atoms with Crippen molar-refractivity contribution < 1.29 is 37.7 Å². The van der Waals surface area contributed by atoms with Crippen LogP contribution in [-0.4, -0.2) is 52.3 Å². The highest BCUT2D eigenvalue weighted by molar-refractivity contribution is 5.78. The number of rotatable bonds is 13. The molecule has 11 heteroatoms. The molecule has 0 fully saturated rings. The van der Waals surface area contributed by atoms with Crippen LogP contribution in [-0.2, 0) is 23.2 Å². The Balaban J connectivity index is 0.000000333. The van der Waals surface area contributed by atoms with E-state index in [0.717, 1.165) is 56.8 Å². The smallest absolute Gasteiger partial charge is 0.416 e. The Bertz CT molecular complexity index is 2110. The fourth-order valence-electron chi connectivity index (χ4n) is 5.59. The minimum Gasteiger partial charge on any atom is -0.497 e. The molecule has 280 valence electrons. The maximum atomic E-state index is 12.7. The van der Waals surface area contributed by atoms with E-state index in [1.165, 1.54) is 7.11 Å². The van der Waals surface area contributed by atoms with Crippen LogP contribution in [0.15, 0.2) is 118 Å². The van der Waals surface area contributed by atoms with Crippen LogP contribution in [0.3, 0.4) is 0 Å². The molecule has 0 aliphatic rings. The lowest BCUT2D eigenvalue weighted by molar-refractivity contribution is -0.138. The first-order valence-electron chi connectivity index (χ1n) is 17.5. The van der Waals surface area contributed by atoms with Crippen LogP contribution in [0.1, 0.15) is 49.2 Å². The Kier molecular flexibility index (Phi) is 12.9. The standard InChI is InChI=1S/C31H32N2O7.C12H13NO/c1-21-28(32-29(39-21)23-8-6-5-7-9-23)31(2,3)20-38-25-12-10-22(11-13-25)18-33(19-27(34)35)30(36)40-26-16-14-24(37-4)15-17-26;1-3-11-9(2)14-12(13-11)10-7-5-4-6-8-10/h5-17H,18-20H2,1-4H3,(H,34,35);4-8H,3H2,1-2H3. The predicted octanol–water partition coefficient (Wildman–Crippen LogP) is 9.31. The SMILES string of the molecule is CCc1nc(-c2ccccc2)oc1C.COc1ccc(OC(=O)N(CC(=O)O)Cc2ccc(OCC(C)(C)c3nc(-c4ccccc4)oc3C)cc2)cc1. The summed E-state index contributed by atoms with van der Waals surface area (Å²) in [4.78, 5) is 34.4. The summed E-state index contributed by atoms with van der Waals surface area (Å²) in [5.41, 5.74) is 4.11. The largest absolute Gasteiger partial charge is 0.497 e. The molecular weight excluding hydrogens is 686 g/mol. The topological polar surface area (TPSA) is 137 Å². The van der Waals surface area contributed by atoms with Gasteiger partial charge < -0.3 is 28.2 Å². The number of benzene rings is 4. The van der Waals surface area contributed by atoms with Crippen molar-refractivity contribution in [3.8, 4) is 40.2 Å². The van der Waals surface area contributed by atoms with Crippen molar-refractivity contribution in [3.63, 3.8) is 0 Å². The lowest BCUT2D eigenvalue weighted by Crippen LogP contribution is -2.37. The van der Waals surface area contributed by atoms with Gasteiger partial charge in [0.2, 0.25) is 11.8 Å². The van der Waals surface area contributed by atoms with Crippen molar-refractivity contribution in [1.82, 2.24) is 14.9 Å². The van der Waals surface area contributed by atoms with Gasteiger partial charge in [0, 0.05) is 23.1 Å². The summed E-state index contributed by atoms with van der Waals surface area (Å²) in [6, 6.07) is 33.3. The van der Waals surface area contributed by atoms with Crippen molar-refractivity contribution >= 4 is 12.1 Å². The van der Waals surface area contributed by atoms with Crippen LogP contribution >= 0.6 is 0 Å². The van der Waals surface area contributed by atoms with Gasteiger partial charge in [-0.1, -0.05) is 69.3 Å². The summed E-state index contributed by atoms with van der Waals surface area (Å²) in [7, 11) is 1.53. The average molecular weight is 732 g/mol. The molecule has 0 radical (unpaired) electrons. The second-order valence-corrected chi connectivity index (χ2v) is 13.1. The first kappa shape index (κ1) is 38.9. The number of carbonyl (C=O) groups is 2. The van der Waals surface area contributed by atoms with Crippen molar-refractivity contribution in [2.75, 3.05) is 20.3 Å². The Morgan fingerprint density at radius 3 is 1.81 bits per heavy atom. The number of carboxylic acid groups (broad SMARTS) is 1. The van der Waals surface area contributed by atoms with Gasteiger partial charge in [0.25, 0.3) is 0 Å². The zero-order valence-electron chi connectivity index (χ0n) is 31.4. The van der Waals surface area contributed by atoms with E-state index in [1.807, 2.05) is 88.4 Å². The summed E-state index contributed by atoms with van der Waals surface area (Å²) in [6.07, 6.45) is 0.148. The van der Waals surface area contributed by atoms with E-state index < -0.39 is 24.0 Å². The molecule has 54 heavy (non-hydrogen) atoms. The number of aryl methyl sites for hydroxylation is 3. The maximum absolute atomic E-state index is 12.7. The van der Waals surface area contributed by atoms with Crippen molar-refractivity contribution in [3.05, 3.63) is 138 Å². The van der Waals surface area contributed by atoms with Crippen LogP contribution in [0.2, 0.25) is 0 Å². The van der Waals surface area contributed by atoms with Gasteiger partial charge in [-0.25, -0.2) is 14.8 Å². The first-order valence-corrected chi connectivity index (χ1v) is 17.5. The van der Waals surface area contributed by atoms with E-state index >= 15 is 0 Å². The number of nitrogens with zero attached hydrogens (tertiary/aromatic N) is 3. The third-order valence-electron chi connectivity index (χ3n) is 8.45. The normalized spacial score (nSPS) is 10.9. The number of oxazole rings is 2. The molecule has 0 unspecified atom stereocenters. The average Bonchev–Trinajstić information content (AvgIpc) is 3.78. The number of amides is 1. The van der Waals surface area contributed by atoms with Gasteiger partial charge in [-0.05, 0) is 86.5 Å². The van der Waals surface area contributed by atoms with E-state index in [0.29, 0.717) is 24.0 Å². The molecule has 11 nitrogen and oxygen atoms in total. The zero-order chi connectivity index (χ0) is 38.7. The number of carboxylic acids is 1. The van der Waals surface area contributed by atoms with Gasteiger partial charge in [0.05, 0.1) is 25.1 Å². The van der Waals surface area contributed by atoms with Gasteiger partial charge in [-0.15, -0.1) is 0 Å². The molecule has 4 aromatic carbocycles. The lowest BCUT2D eigenvalue weighted by atomic mass is 9.89. The molecule has 0 aliphatic carbocycles. The third kappa shape index (κ3) is 10.4. The van der Waals surface area contributed by atoms with Crippen LogP contribution in [0.25, 0.3) is 22.9 Å². The van der Waals surface area contributed by atoms with Crippen molar-refractivity contribution in [2.45, 2.75) is 53.0 Å². The molecule has 0 atom stereocenters. The lowest BCUT2D eigenvalue weighted by Gasteiger charge is -2.23. The Hall–Kier alpha value is -6.36. The fourth-order valence-corrected chi connectivity index (χ4v) is 5.59. The minimum absolute atomic E-state index is 0.0491. The molecule has 0 saturated carbocycles. The molecule has 0 aliphatic heterocycles. The van der Waals surface area contributed by atoms with E-state index in [1.54, 1.807) is 48.5 Å². The van der Waals surface area contributed by atoms with Crippen molar-refractivity contribution in [1.29, 1.82) is 0 Å². The number of carbonyl (C=O) groups excluding carboxylic acids is 1. The highest BCUT2D eigenvalue weighted by Crippen LogP contribution is 2.31. The van der Waals surface area contributed by atoms with E-state index in [9.17, 15) is 14.7 Å². The fraction of sp³-hybridized carbons (Fsp3) is 0.256. The molecule has 6 aromatic rings. The van der Waals surface area contributed by atoms with Gasteiger partial charge in [0.1, 0.15) is 35.3 Å². The number of aliphatic carboxylic acids is 1. The molecule has 1 N–H and O–H groups in total. The monoisotopic (exact) mass is 731 g/mol. The van der Waals surface area contributed by atoms with Crippen LogP contribution in [0, 0.1) is 13.8 Å². The van der Waals surface area contributed by atoms with Gasteiger partial charge in [0.15, 0.2) is 0 Å². The first-order chi connectivity index (χ1) is 25.9. The predicted molar refractivity (Wildman–Crippen MR) is 205 cm³/mol. The summed E-state index contributed by atoms with van der Waals surface area (Å²) < 4.78 is 28.0. The maximum Gasteiger partial charge on any atom is 0.416 e. The highest BCUT2D eigenvalue weighted by atomic mass is 16.6. The Morgan fingerprint density at radius 2 is 1.28 bits per heavy atom. The van der Waals surface area contributed by atoms with Gasteiger partial charge in [-0.2, -0.15) is 0 Å². The molecule has 2 heterocycles. The number of ether oxygens (including phenoxy) is 3. The highest BCUT2D eigenvalue weighted by Gasteiger charge is 2.29. The molecular formula is C43H45N3O8. The quantitative estimate of drug-likeness (QED) is 0.122. The molecule has 1 amide bonds. The van der Waals surface area contributed by atoms with E-state index in [2.05, 4.69) is 11.9 Å². The number of hydrogen-bond acceptors (Lipinski definition) is 9. The minimum atomic E-state index is -1.15. The summed E-state index contributed by atoms with van der Waals surface area (Å²) >= 11 is 0. The zero-order valence-corrected chi connectivity index (χ0v) is 31.4. The Morgan fingerprint density at radius 1 is 0.741 bits per heavy atom. The van der Waals surface area contributed by atoms with Crippen LogP contribution < -0.4 is 14.2 Å². The van der Waals surface area contributed by atoms with E-state index in [-0.39, 0.29) is 12.3 Å². The summed E-state index contributed by atoms with van der Waals surface area (Å²) in [6.45, 7) is 9.91. The van der Waals surface area contributed by atoms with Crippen molar-refractivity contribution in [2.24, 2.45) is 0 Å². The number of aromatic nitrogens is 2. The molecule has 6 rings (SSSR count). The van der Waals surface area contributed by atoms with Crippen LogP contribution in [0.5, 0.6) is 17.2 Å². The second-order valence-electron chi connectivity index (χ2n) is 13.1. The number of methoxy groups -OCH3 is 1. The summed E-state index contributed by atoms with van der Waals surface area (Å²) in [5.74, 6) is 3.34. The third-order valence-corrected chi connectivity index (χ3v) is 8.45.